The van der Waals surface area contributed by atoms with Gasteiger partial charge in [0.05, 0.1) is 11.1 Å². The lowest BCUT2D eigenvalue weighted by Gasteiger charge is -2.28. The van der Waals surface area contributed by atoms with E-state index < -0.39 is 11.7 Å². The molecule has 0 spiro atoms. The molecule has 1 aliphatic rings. The van der Waals surface area contributed by atoms with Crippen LogP contribution in [0.4, 0.5) is 4.39 Å². The number of halogens is 2. The van der Waals surface area contributed by atoms with Crippen LogP contribution in [-0.2, 0) is 4.79 Å². The Morgan fingerprint density at radius 1 is 1.30 bits per heavy atom. The Hall–Kier alpha value is -1.47. The molecule has 0 atom stereocenters. The van der Waals surface area contributed by atoms with E-state index in [-0.39, 0.29) is 30.0 Å². The second-order valence-electron chi connectivity index (χ2n) is 5.87. The van der Waals surface area contributed by atoms with E-state index in [0.29, 0.717) is 11.0 Å². The number of carbonyl (C=O) groups is 2. The molecule has 1 fully saturated rings. The molecule has 1 aromatic rings. The summed E-state index contributed by atoms with van der Waals surface area (Å²) < 4.78 is 13.7. The van der Waals surface area contributed by atoms with Crippen molar-refractivity contribution >= 4 is 27.7 Å². The minimum atomic E-state index is -0.484. The lowest BCUT2D eigenvalue weighted by atomic mass is 9.97. The molecule has 0 unspecified atom stereocenters. The van der Waals surface area contributed by atoms with Gasteiger partial charge in [-0.1, -0.05) is 12.8 Å². The van der Waals surface area contributed by atoms with E-state index in [1.165, 1.54) is 12.1 Å². The molecular weight excluding hydrogens is 365 g/mol. The minimum absolute atomic E-state index is 0.129. The van der Waals surface area contributed by atoms with Crippen molar-refractivity contribution in [2.24, 2.45) is 5.73 Å². The van der Waals surface area contributed by atoms with Gasteiger partial charge in [-0.3, -0.25) is 9.59 Å². The van der Waals surface area contributed by atoms with E-state index >= 15 is 0 Å². The summed E-state index contributed by atoms with van der Waals surface area (Å²) in [4.78, 5) is 24.0. The summed E-state index contributed by atoms with van der Waals surface area (Å²) in [5, 5.41) is 5.62. The van der Waals surface area contributed by atoms with Crippen molar-refractivity contribution in [3.8, 4) is 0 Å². The number of amides is 2. The van der Waals surface area contributed by atoms with Gasteiger partial charge in [0.15, 0.2) is 0 Å². The first-order chi connectivity index (χ1) is 11.0. The van der Waals surface area contributed by atoms with Crippen LogP contribution in [0.2, 0.25) is 0 Å². The summed E-state index contributed by atoms with van der Waals surface area (Å²) in [6.45, 7) is 0.621. The highest BCUT2D eigenvalue weighted by Crippen LogP contribution is 2.28. The fourth-order valence-corrected chi connectivity index (χ4v) is 3.27. The zero-order valence-electron chi connectivity index (χ0n) is 12.8. The van der Waals surface area contributed by atoms with Crippen molar-refractivity contribution in [1.29, 1.82) is 0 Å². The van der Waals surface area contributed by atoms with Crippen molar-refractivity contribution in [3.05, 3.63) is 34.1 Å². The Morgan fingerprint density at radius 2 is 2.00 bits per heavy atom. The molecule has 0 heterocycles. The van der Waals surface area contributed by atoms with Gasteiger partial charge in [0.2, 0.25) is 5.91 Å². The van der Waals surface area contributed by atoms with Crippen LogP contribution in [-0.4, -0.2) is 30.4 Å². The lowest BCUT2D eigenvalue weighted by Crippen LogP contribution is -2.52. The zero-order chi connectivity index (χ0) is 16.9. The average molecular weight is 386 g/mol. The van der Waals surface area contributed by atoms with Crippen molar-refractivity contribution < 1.29 is 14.0 Å². The standard InChI is InChI=1S/C16H21BrFN3O2/c17-13-4-3-11(18)9-12(13)15(23)20-8-5-14(22)21-16(10-19)6-1-2-7-16/h3-4,9H,1-2,5-8,10,19H2,(H,20,23)(H,21,22). The van der Waals surface area contributed by atoms with Crippen LogP contribution in [0, 0.1) is 5.82 Å². The molecule has 1 saturated carbocycles. The van der Waals surface area contributed by atoms with E-state index in [1.54, 1.807) is 0 Å². The molecule has 126 valence electrons. The molecular formula is C16H21BrFN3O2. The van der Waals surface area contributed by atoms with Gasteiger partial charge >= 0.3 is 0 Å². The highest BCUT2D eigenvalue weighted by atomic mass is 79.9. The monoisotopic (exact) mass is 385 g/mol. The van der Waals surface area contributed by atoms with Crippen molar-refractivity contribution in [2.45, 2.75) is 37.6 Å². The quantitative estimate of drug-likeness (QED) is 0.700. The van der Waals surface area contributed by atoms with Gasteiger partial charge in [-0.25, -0.2) is 4.39 Å². The van der Waals surface area contributed by atoms with E-state index in [4.69, 9.17) is 5.73 Å². The third kappa shape index (κ3) is 4.75. The van der Waals surface area contributed by atoms with Crippen LogP contribution in [0.1, 0.15) is 42.5 Å². The highest BCUT2D eigenvalue weighted by molar-refractivity contribution is 9.10. The molecule has 0 saturated heterocycles. The summed E-state index contributed by atoms with van der Waals surface area (Å²) in [7, 11) is 0. The molecule has 5 nitrogen and oxygen atoms in total. The largest absolute Gasteiger partial charge is 0.351 e. The average Bonchev–Trinajstić information content (AvgIpc) is 2.98. The fourth-order valence-electron chi connectivity index (χ4n) is 2.85. The Kier molecular flexibility index (Phi) is 6.12. The van der Waals surface area contributed by atoms with Gasteiger partial charge in [0.1, 0.15) is 5.82 Å². The Morgan fingerprint density at radius 3 is 2.65 bits per heavy atom. The first kappa shape index (κ1) is 17.9. The molecule has 0 aromatic heterocycles. The van der Waals surface area contributed by atoms with Crippen molar-refractivity contribution in [2.75, 3.05) is 13.1 Å². The predicted molar refractivity (Wildman–Crippen MR) is 89.4 cm³/mol. The van der Waals surface area contributed by atoms with E-state index in [9.17, 15) is 14.0 Å². The summed E-state index contributed by atoms with van der Waals surface area (Å²) >= 11 is 3.21. The molecule has 2 amide bonds. The van der Waals surface area contributed by atoms with Gasteiger partial charge in [-0.2, -0.15) is 0 Å². The first-order valence-corrected chi connectivity index (χ1v) is 8.49. The van der Waals surface area contributed by atoms with Crippen molar-refractivity contribution in [3.63, 3.8) is 0 Å². The highest BCUT2D eigenvalue weighted by Gasteiger charge is 2.33. The Balaban J connectivity index is 1.81. The summed E-state index contributed by atoms with van der Waals surface area (Å²) in [5.41, 5.74) is 5.70. The van der Waals surface area contributed by atoms with Crippen LogP contribution in [0.5, 0.6) is 0 Å². The summed E-state index contributed by atoms with van der Waals surface area (Å²) in [6, 6.07) is 3.89. The van der Waals surface area contributed by atoms with Gasteiger partial charge < -0.3 is 16.4 Å². The van der Waals surface area contributed by atoms with Crippen molar-refractivity contribution in [1.82, 2.24) is 10.6 Å². The van der Waals surface area contributed by atoms with Crippen LogP contribution in [0.25, 0.3) is 0 Å². The number of hydrogen-bond donors (Lipinski definition) is 3. The lowest BCUT2D eigenvalue weighted by molar-refractivity contribution is -0.122. The Labute approximate surface area is 143 Å². The molecule has 0 bridgehead atoms. The maximum atomic E-state index is 13.2. The van der Waals surface area contributed by atoms with Crippen LogP contribution in [0.3, 0.4) is 0 Å². The third-order valence-corrected chi connectivity index (χ3v) is 4.86. The maximum Gasteiger partial charge on any atom is 0.252 e. The number of nitrogens with one attached hydrogen (secondary N) is 2. The van der Waals surface area contributed by atoms with E-state index in [0.717, 1.165) is 31.7 Å². The van der Waals surface area contributed by atoms with E-state index in [1.807, 2.05) is 0 Å². The number of hydrogen-bond acceptors (Lipinski definition) is 3. The number of carbonyl (C=O) groups excluding carboxylic acids is 2. The summed E-state index contributed by atoms with van der Waals surface area (Å²) in [5.74, 6) is -1.03. The smallest absolute Gasteiger partial charge is 0.252 e. The number of rotatable bonds is 6. The second-order valence-corrected chi connectivity index (χ2v) is 6.72. The molecule has 0 aliphatic heterocycles. The maximum absolute atomic E-state index is 13.2. The molecule has 2 rings (SSSR count). The summed E-state index contributed by atoms with van der Waals surface area (Å²) in [6.07, 6.45) is 4.11. The van der Waals surface area contributed by atoms with Gasteiger partial charge in [0, 0.05) is 24.0 Å². The molecule has 4 N–H and O–H groups in total. The topological polar surface area (TPSA) is 84.2 Å². The molecule has 7 heteroatoms. The fraction of sp³-hybridized carbons (Fsp3) is 0.500. The molecule has 0 radical (unpaired) electrons. The third-order valence-electron chi connectivity index (χ3n) is 4.17. The van der Waals surface area contributed by atoms with Gasteiger partial charge in [0.25, 0.3) is 5.91 Å². The van der Waals surface area contributed by atoms with Crippen LogP contribution < -0.4 is 16.4 Å². The Bertz CT molecular complexity index is 589. The molecule has 1 aromatic carbocycles. The number of benzene rings is 1. The molecule has 23 heavy (non-hydrogen) atoms. The normalized spacial score (nSPS) is 16.1. The number of nitrogens with two attached hydrogens (primary N) is 1. The van der Waals surface area contributed by atoms with Gasteiger partial charge in [-0.15, -0.1) is 0 Å². The minimum Gasteiger partial charge on any atom is -0.351 e. The van der Waals surface area contributed by atoms with E-state index in [2.05, 4.69) is 26.6 Å². The predicted octanol–water partition coefficient (Wildman–Crippen LogP) is 2.10. The SMILES string of the molecule is NCC1(NC(=O)CCNC(=O)c2cc(F)ccc2Br)CCCC1. The van der Waals surface area contributed by atoms with Crippen LogP contribution in [0.15, 0.2) is 22.7 Å². The van der Waals surface area contributed by atoms with Crippen LogP contribution >= 0.6 is 15.9 Å². The second kappa shape index (κ2) is 7.88. The first-order valence-electron chi connectivity index (χ1n) is 7.70. The molecule has 1 aliphatic carbocycles. The zero-order valence-corrected chi connectivity index (χ0v) is 14.4. The van der Waals surface area contributed by atoms with Gasteiger partial charge in [-0.05, 0) is 47.0 Å².